The van der Waals surface area contributed by atoms with Crippen molar-refractivity contribution in [2.75, 3.05) is 26.7 Å². The molecule has 20 heavy (non-hydrogen) atoms. The first-order chi connectivity index (χ1) is 9.60. The number of carbonyl (C=O) groups excluding carboxylic acids is 2. The molecule has 0 aromatic carbocycles. The highest BCUT2D eigenvalue weighted by Gasteiger charge is 2.45. The maximum atomic E-state index is 12.0. The first-order valence-corrected chi connectivity index (χ1v) is 8.27. The van der Waals surface area contributed by atoms with Gasteiger partial charge in [0.05, 0.1) is 26.2 Å². The number of rotatable bonds is 2. The highest BCUT2D eigenvalue weighted by Crippen LogP contribution is 2.36. The number of hydrogen-bond donors (Lipinski definition) is 0. The molecule has 0 saturated carbocycles. The first kappa shape index (κ1) is 14.1. The molecule has 0 aromatic rings. The van der Waals surface area contributed by atoms with E-state index in [2.05, 4.69) is 7.05 Å². The molecule has 3 unspecified atom stereocenters. The second kappa shape index (κ2) is 5.47. The third-order valence-electron chi connectivity index (χ3n) is 5.81. The Hall–Kier alpha value is -0.900. The summed E-state index contributed by atoms with van der Waals surface area (Å²) in [6.45, 7) is 3.25. The molecule has 3 aliphatic heterocycles. The van der Waals surface area contributed by atoms with Crippen LogP contribution >= 0.6 is 0 Å². The van der Waals surface area contributed by atoms with Gasteiger partial charge >= 0.3 is 0 Å². The van der Waals surface area contributed by atoms with E-state index in [0.717, 1.165) is 6.42 Å². The topological polar surface area (TPSA) is 37.4 Å². The Bertz CT molecular complexity index is 389. The van der Waals surface area contributed by atoms with Crippen molar-refractivity contribution in [3.63, 3.8) is 0 Å². The van der Waals surface area contributed by atoms with Gasteiger partial charge in [-0.3, -0.25) is 14.5 Å². The molecule has 0 aliphatic carbocycles. The highest BCUT2D eigenvalue weighted by molar-refractivity contribution is 5.97. The number of nitrogens with zero attached hydrogens (tertiary/aromatic N) is 2. The third kappa shape index (κ3) is 2.50. The second-order valence-corrected chi connectivity index (χ2v) is 7.14. The van der Waals surface area contributed by atoms with Crippen molar-refractivity contribution >= 4 is 11.8 Å². The Balaban J connectivity index is 1.72. The van der Waals surface area contributed by atoms with Gasteiger partial charge < -0.3 is 4.48 Å². The number of amides is 2. The normalized spacial score (nSPS) is 38.8. The summed E-state index contributed by atoms with van der Waals surface area (Å²) in [5, 5.41) is 0. The number of fused-ring (bicyclic) bond motifs is 1. The number of quaternary nitrogens is 1. The van der Waals surface area contributed by atoms with Gasteiger partial charge in [0.2, 0.25) is 11.8 Å². The van der Waals surface area contributed by atoms with Crippen molar-refractivity contribution in [2.24, 2.45) is 5.92 Å². The average molecular weight is 279 g/mol. The predicted molar refractivity (Wildman–Crippen MR) is 76.9 cm³/mol. The van der Waals surface area contributed by atoms with Gasteiger partial charge in [0.25, 0.3) is 0 Å². The standard InChI is InChI=1S/C16H27N2O2/c1-18-10-3-2-7-14(18)13(6-5-11-18)12-17-15(19)8-4-9-16(17)20/h13-14H,2-12H2,1H3/q+1. The van der Waals surface area contributed by atoms with Crippen LogP contribution in [0, 0.1) is 5.92 Å². The SMILES string of the molecule is C[N+]12CCCCC1C(CN1C(=O)CCCC1=O)CCC2. The molecule has 0 aromatic heterocycles. The lowest BCUT2D eigenvalue weighted by molar-refractivity contribution is -0.947. The van der Waals surface area contributed by atoms with Crippen molar-refractivity contribution in [1.29, 1.82) is 0 Å². The number of carbonyl (C=O) groups is 2. The Morgan fingerprint density at radius 2 is 1.70 bits per heavy atom. The molecule has 4 nitrogen and oxygen atoms in total. The summed E-state index contributed by atoms with van der Waals surface area (Å²) in [5.41, 5.74) is 0. The molecule has 3 heterocycles. The van der Waals surface area contributed by atoms with Crippen molar-refractivity contribution in [1.82, 2.24) is 4.90 Å². The number of piperidine rings is 3. The number of hydrogen-bond acceptors (Lipinski definition) is 2. The zero-order valence-electron chi connectivity index (χ0n) is 12.6. The molecule has 3 atom stereocenters. The van der Waals surface area contributed by atoms with E-state index in [-0.39, 0.29) is 11.8 Å². The van der Waals surface area contributed by atoms with Crippen LogP contribution in [-0.2, 0) is 9.59 Å². The monoisotopic (exact) mass is 279 g/mol. The van der Waals surface area contributed by atoms with E-state index < -0.39 is 0 Å². The Morgan fingerprint density at radius 3 is 2.45 bits per heavy atom. The Morgan fingerprint density at radius 1 is 1.00 bits per heavy atom. The summed E-state index contributed by atoms with van der Waals surface area (Å²) in [5.74, 6) is 0.661. The maximum absolute atomic E-state index is 12.0. The van der Waals surface area contributed by atoms with E-state index in [9.17, 15) is 9.59 Å². The highest BCUT2D eigenvalue weighted by atomic mass is 16.2. The average Bonchev–Trinajstić information content (AvgIpc) is 2.42. The van der Waals surface area contributed by atoms with E-state index in [1.54, 1.807) is 4.90 Å². The molecule has 3 fully saturated rings. The van der Waals surface area contributed by atoms with Gasteiger partial charge in [-0.05, 0) is 32.1 Å². The molecule has 0 bridgehead atoms. The smallest absolute Gasteiger partial charge is 0.229 e. The Kier molecular flexibility index (Phi) is 3.85. The van der Waals surface area contributed by atoms with Gasteiger partial charge in [0.1, 0.15) is 0 Å². The third-order valence-corrected chi connectivity index (χ3v) is 5.81. The van der Waals surface area contributed by atoms with Crippen LogP contribution in [0.1, 0.15) is 51.4 Å². The van der Waals surface area contributed by atoms with Crippen LogP contribution in [0.5, 0.6) is 0 Å². The second-order valence-electron chi connectivity index (χ2n) is 7.14. The zero-order valence-corrected chi connectivity index (χ0v) is 12.6. The molecule has 3 saturated heterocycles. The lowest BCUT2D eigenvalue weighted by atomic mass is 9.81. The van der Waals surface area contributed by atoms with Crippen LogP contribution in [-0.4, -0.2) is 53.9 Å². The van der Waals surface area contributed by atoms with Crippen LogP contribution in [0.3, 0.4) is 0 Å². The van der Waals surface area contributed by atoms with Gasteiger partial charge in [0, 0.05) is 31.7 Å². The fourth-order valence-electron chi connectivity index (χ4n) is 4.68. The summed E-state index contributed by atoms with van der Waals surface area (Å²) in [6.07, 6.45) is 8.24. The van der Waals surface area contributed by atoms with Crippen LogP contribution in [0.2, 0.25) is 0 Å². The summed E-state index contributed by atoms with van der Waals surface area (Å²) >= 11 is 0. The lowest BCUT2D eigenvalue weighted by Gasteiger charge is -2.51. The summed E-state index contributed by atoms with van der Waals surface area (Å²) in [4.78, 5) is 25.6. The van der Waals surface area contributed by atoms with Gasteiger partial charge in [-0.15, -0.1) is 0 Å². The van der Waals surface area contributed by atoms with Gasteiger partial charge in [-0.25, -0.2) is 0 Å². The van der Waals surface area contributed by atoms with E-state index in [1.165, 1.54) is 49.7 Å². The zero-order chi connectivity index (χ0) is 14.2. The van der Waals surface area contributed by atoms with Crippen LogP contribution in [0.4, 0.5) is 0 Å². The molecule has 0 radical (unpaired) electrons. The molecular formula is C16H27N2O2+. The van der Waals surface area contributed by atoms with E-state index in [0.29, 0.717) is 31.3 Å². The van der Waals surface area contributed by atoms with Crippen LogP contribution in [0.15, 0.2) is 0 Å². The van der Waals surface area contributed by atoms with Crippen molar-refractivity contribution in [3.8, 4) is 0 Å². The largest absolute Gasteiger partial charge is 0.323 e. The fourth-order valence-corrected chi connectivity index (χ4v) is 4.68. The molecule has 0 spiro atoms. The molecule has 3 aliphatic rings. The summed E-state index contributed by atoms with van der Waals surface area (Å²) in [6, 6.07) is 0.667. The van der Waals surface area contributed by atoms with E-state index in [4.69, 9.17) is 0 Å². The Labute approximate surface area is 121 Å². The summed E-state index contributed by atoms with van der Waals surface area (Å²) in [7, 11) is 2.38. The number of likely N-dealkylation sites (tertiary alicyclic amines) is 1. The van der Waals surface area contributed by atoms with Gasteiger partial charge in [0.15, 0.2) is 0 Å². The molecule has 112 valence electrons. The van der Waals surface area contributed by atoms with E-state index >= 15 is 0 Å². The predicted octanol–water partition coefficient (Wildman–Crippen LogP) is 1.93. The quantitative estimate of drug-likeness (QED) is 0.572. The molecule has 2 amide bonds. The molecule has 4 heteroatoms. The van der Waals surface area contributed by atoms with Crippen LogP contribution in [0.25, 0.3) is 0 Å². The fraction of sp³-hybridized carbons (Fsp3) is 0.875. The minimum Gasteiger partial charge on any atom is -0.323 e. The van der Waals surface area contributed by atoms with E-state index in [1.807, 2.05) is 0 Å². The maximum Gasteiger partial charge on any atom is 0.229 e. The minimum atomic E-state index is 0.0665. The van der Waals surface area contributed by atoms with Gasteiger partial charge in [-0.1, -0.05) is 0 Å². The minimum absolute atomic E-state index is 0.0665. The lowest BCUT2D eigenvalue weighted by Crippen LogP contribution is -2.62. The molecular weight excluding hydrogens is 252 g/mol. The summed E-state index contributed by atoms with van der Waals surface area (Å²) < 4.78 is 1.18. The molecule has 0 N–H and O–H groups in total. The van der Waals surface area contributed by atoms with Crippen molar-refractivity contribution < 1.29 is 14.1 Å². The van der Waals surface area contributed by atoms with Gasteiger partial charge in [-0.2, -0.15) is 0 Å². The van der Waals surface area contributed by atoms with Crippen molar-refractivity contribution in [2.45, 2.75) is 57.4 Å². The molecule has 3 rings (SSSR count). The first-order valence-electron chi connectivity index (χ1n) is 8.27. The van der Waals surface area contributed by atoms with Crippen molar-refractivity contribution in [3.05, 3.63) is 0 Å². The van der Waals surface area contributed by atoms with Crippen LogP contribution < -0.4 is 0 Å². The number of imide groups is 1.